The number of imidazole rings is 1. The summed E-state index contributed by atoms with van der Waals surface area (Å²) in [5.41, 5.74) is 1.86. The van der Waals surface area contributed by atoms with Crippen LogP contribution in [0.15, 0.2) is 30.6 Å². The van der Waals surface area contributed by atoms with E-state index in [0.717, 1.165) is 23.6 Å². The van der Waals surface area contributed by atoms with Crippen LogP contribution in [-0.4, -0.2) is 32.5 Å². The lowest BCUT2D eigenvalue weighted by molar-refractivity contribution is -0.128. The maximum Gasteiger partial charge on any atom is 0.223 e. The number of nitrogens with zero attached hydrogens (tertiary/aromatic N) is 3. The number of hydrogen-bond acceptors (Lipinski definition) is 3. The van der Waals surface area contributed by atoms with E-state index in [1.54, 1.807) is 0 Å². The van der Waals surface area contributed by atoms with Crippen LogP contribution in [0, 0.1) is 5.92 Å². The molecule has 1 amide bonds. The Bertz CT molecular complexity index is 547. The van der Waals surface area contributed by atoms with E-state index in [1.165, 1.54) is 0 Å². The van der Waals surface area contributed by atoms with Crippen molar-refractivity contribution < 1.29 is 4.79 Å². The number of likely N-dealkylation sites (tertiary alicyclic amines) is 1. The minimum Gasteiger partial charge on any atom is -0.336 e. The lowest BCUT2D eigenvalue weighted by atomic mass is 10.1. The molecule has 2 aromatic heterocycles. The van der Waals surface area contributed by atoms with Gasteiger partial charge in [-0.25, -0.2) is 4.98 Å². The lowest BCUT2D eigenvalue weighted by Crippen LogP contribution is -2.24. The molecule has 5 heteroatoms. The van der Waals surface area contributed by atoms with E-state index in [1.807, 2.05) is 39.9 Å². The minimum atomic E-state index is 0.214. The van der Waals surface area contributed by atoms with Gasteiger partial charge in [0, 0.05) is 25.4 Å². The van der Waals surface area contributed by atoms with Crippen molar-refractivity contribution >= 4 is 24.2 Å². The normalized spacial score (nSPS) is 19.9. The van der Waals surface area contributed by atoms with E-state index >= 15 is 0 Å². The first kappa shape index (κ1) is 11.6. The van der Waals surface area contributed by atoms with E-state index in [2.05, 4.69) is 17.6 Å². The van der Waals surface area contributed by atoms with Crippen LogP contribution in [0.1, 0.15) is 12.1 Å². The monoisotopic (exact) mass is 261 g/mol. The molecule has 4 nitrogen and oxygen atoms in total. The van der Waals surface area contributed by atoms with Crippen molar-refractivity contribution in [3.63, 3.8) is 0 Å². The number of hydrogen-bond donors (Lipinski definition) is 1. The molecule has 0 radical (unpaired) electrons. The molecule has 94 valence electrons. The topological polar surface area (TPSA) is 37.6 Å². The highest BCUT2D eigenvalue weighted by atomic mass is 32.1. The molecule has 18 heavy (non-hydrogen) atoms. The van der Waals surface area contributed by atoms with Crippen molar-refractivity contribution in [2.24, 2.45) is 5.92 Å². The molecule has 1 atom stereocenters. The summed E-state index contributed by atoms with van der Waals surface area (Å²) in [6.07, 6.45) is 4.57. The summed E-state index contributed by atoms with van der Waals surface area (Å²) >= 11 is 4.27. The second kappa shape index (κ2) is 4.65. The van der Waals surface area contributed by atoms with Crippen LogP contribution in [0.3, 0.4) is 0 Å². The van der Waals surface area contributed by atoms with Crippen molar-refractivity contribution in [2.75, 3.05) is 12.3 Å². The predicted octanol–water partition coefficient (Wildman–Crippen LogP) is 1.61. The number of pyridine rings is 1. The molecule has 1 aliphatic heterocycles. The molecule has 0 bridgehead atoms. The second-order valence-corrected chi connectivity index (χ2v) is 5.09. The average Bonchev–Trinajstić information content (AvgIpc) is 2.93. The Morgan fingerprint density at radius 3 is 3.06 bits per heavy atom. The molecule has 1 saturated heterocycles. The van der Waals surface area contributed by atoms with Crippen molar-refractivity contribution in [1.82, 2.24) is 14.3 Å². The average molecular weight is 261 g/mol. The quantitative estimate of drug-likeness (QED) is 0.852. The second-order valence-electron chi connectivity index (χ2n) is 4.73. The first-order chi connectivity index (χ1) is 8.76. The van der Waals surface area contributed by atoms with Crippen molar-refractivity contribution in [2.45, 2.75) is 13.0 Å². The summed E-state index contributed by atoms with van der Waals surface area (Å²) in [6, 6.07) is 5.90. The van der Waals surface area contributed by atoms with Crippen molar-refractivity contribution in [1.29, 1.82) is 0 Å². The summed E-state index contributed by atoms with van der Waals surface area (Å²) in [4.78, 5) is 18.2. The molecule has 0 saturated carbocycles. The number of fused-ring (bicyclic) bond motifs is 1. The molecular weight excluding hydrogens is 246 g/mol. The molecule has 1 unspecified atom stereocenters. The van der Waals surface area contributed by atoms with Gasteiger partial charge in [-0.15, -0.1) is 0 Å². The van der Waals surface area contributed by atoms with Gasteiger partial charge in [0.2, 0.25) is 5.91 Å². The zero-order chi connectivity index (χ0) is 12.5. The SMILES string of the molecule is O=C1CC(CS)CN1Cc1cn2ccccc2n1. The highest BCUT2D eigenvalue weighted by Crippen LogP contribution is 2.20. The number of aromatic nitrogens is 2. The Hall–Kier alpha value is -1.49. The molecule has 0 aromatic carbocycles. The third-order valence-corrected chi connectivity index (χ3v) is 3.84. The zero-order valence-electron chi connectivity index (χ0n) is 9.99. The molecule has 0 spiro atoms. The molecular formula is C13H15N3OS. The highest BCUT2D eigenvalue weighted by molar-refractivity contribution is 7.80. The fourth-order valence-corrected chi connectivity index (χ4v) is 2.63. The van der Waals surface area contributed by atoms with Gasteiger partial charge in [-0.2, -0.15) is 12.6 Å². The largest absolute Gasteiger partial charge is 0.336 e. The van der Waals surface area contributed by atoms with E-state index in [9.17, 15) is 4.79 Å². The lowest BCUT2D eigenvalue weighted by Gasteiger charge is -2.14. The van der Waals surface area contributed by atoms with Gasteiger partial charge in [-0.1, -0.05) is 6.07 Å². The van der Waals surface area contributed by atoms with E-state index in [0.29, 0.717) is 18.9 Å². The number of amides is 1. The predicted molar refractivity (Wildman–Crippen MR) is 72.6 cm³/mol. The molecule has 3 rings (SSSR count). The Labute approximate surface area is 111 Å². The van der Waals surface area contributed by atoms with Gasteiger partial charge in [0.25, 0.3) is 0 Å². The minimum absolute atomic E-state index is 0.214. The number of carbonyl (C=O) groups excluding carboxylic acids is 1. The highest BCUT2D eigenvalue weighted by Gasteiger charge is 2.28. The van der Waals surface area contributed by atoms with Gasteiger partial charge >= 0.3 is 0 Å². The van der Waals surface area contributed by atoms with Crippen LogP contribution in [-0.2, 0) is 11.3 Å². The van der Waals surface area contributed by atoms with Crippen LogP contribution >= 0.6 is 12.6 Å². The van der Waals surface area contributed by atoms with Gasteiger partial charge in [0.1, 0.15) is 5.65 Å². The molecule has 3 heterocycles. The summed E-state index contributed by atoms with van der Waals surface area (Å²) in [7, 11) is 0. The summed E-state index contributed by atoms with van der Waals surface area (Å²) < 4.78 is 1.98. The van der Waals surface area contributed by atoms with Crippen molar-refractivity contribution in [3.05, 3.63) is 36.3 Å². The summed E-state index contributed by atoms with van der Waals surface area (Å²) in [5, 5.41) is 0. The number of thiol groups is 1. The molecule has 1 aliphatic rings. The van der Waals surface area contributed by atoms with Crippen LogP contribution in [0.4, 0.5) is 0 Å². The molecule has 0 aliphatic carbocycles. The summed E-state index contributed by atoms with van der Waals surface area (Å²) in [5.74, 6) is 1.37. The fraction of sp³-hybridized carbons (Fsp3) is 0.385. The van der Waals surface area contributed by atoms with Crippen molar-refractivity contribution in [3.8, 4) is 0 Å². The first-order valence-electron chi connectivity index (χ1n) is 6.07. The maximum absolute atomic E-state index is 11.8. The van der Waals surface area contributed by atoms with Gasteiger partial charge in [-0.05, 0) is 23.8 Å². The third-order valence-electron chi connectivity index (χ3n) is 3.32. The Morgan fingerprint density at radius 1 is 1.44 bits per heavy atom. The number of carbonyl (C=O) groups is 1. The Kier molecular flexibility index (Phi) is 2.99. The molecule has 0 N–H and O–H groups in total. The van der Waals surface area contributed by atoms with Crippen LogP contribution in [0.5, 0.6) is 0 Å². The summed E-state index contributed by atoms with van der Waals surface area (Å²) in [6.45, 7) is 1.40. The number of rotatable bonds is 3. The van der Waals surface area contributed by atoms with Crippen LogP contribution < -0.4 is 0 Å². The maximum atomic E-state index is 11.8. The fourth-order valence-electron chi connectivity index (χ4n) is 2.39. The van der Waals surface area contributed by atoms with Crippen LogP contribution in [0.25, 0.3) is 5.65 Å². The molecule has 1 fully saturated rings. The zero-order valence-corrected chi connectivity index (χ0v) is 10.9. The Balaban J connectivity index is 1.78. The standard InChI is InChI=1S/C13H15N3OS/c17-13-5-10(9-18)6-16(13)8-11-7-15-4-2-1-3-12(15)14-11/h1-4,7,10,18H,5-6,8-9H2. The van der Waals surface area contributed by atoms with Gasteiger partial charge in [0.15, 0.2) is 0 Å². The first-order valence-corrected chi connectivity index (χ1v) is 6.71. The van der Waals surface area contributed by atoms with E-state index in [-0.39, 0.29) is 5.91 Å². The van der Waals surface area contributed by atoms with E-state index < -0.39 is 0 Å². The van der Waals surface area contributed by atoms with E-state index in [4.69, 9.17) is 0 Å². The Morgan fingerprint density at radius 2 is 2.33 bits per heavy atom. The van der Waals surface area contributed by atoms with Gasteiger partial charge in [0.05, 0.1) is 12.2 Å². The van der Waals surface area contributed by atoms with Gasteiger partial charge < -0.3 is 9.30 Å². The van der Waals surface area contributed by atoms with Gasteiger partial charge in [-0.3, -0.25) is 4.79 Å². The smallest absolute Gasteiger partial charge is 0.223 e. The van der Waals surface area contributed by atoms with Crippen LogP contribution in [0.2, 0.25) is 0 Å². The third kappa shape index (κ3) is 2.10. The molecule has 2 aromatic rings.